The Hall–Kier alpha value is -3.18. The summed E-state index contributed by atoms with van der Waals surface area (Å²) in [6.07, 6.45) is -7.18. The molecule has 7 rings (SSSR count). The van der Waals surface area contributed by atoms with Crippen LogP contribution in [0.1, 0.15) is 35.6 Å². The number of carbonyl (C=O) groups excluding carboxylic acids is 1. The average molecular weight is 669 g/mol. The van der Waals surface area contributed by atoms with E-state index in [1.165, 1.54) is 26.4 Å². The van der Waals surface area contributed by atoms with Gasteiger partial charge < -0.3 is 57.4 Å². The summed E-state index contributed by atoms with van der Waals surface area (Å²) in [5, 5.41) is 22.0. The van der Waals surface area contributed by atoms with Gasteiger partial charge in [-0.25, -0.2) is 4.57 Å². The molecule has 5 aliphatic rings. The molecule has 4 aliphatic heterocycles. The third kappa shape index (κ3) is 5.37. The first kappa shape index (κ1) is 31.4. The third-order valence-electron chi connectivity index (χ3n) is 8.94. The van der Waals surface area contributed by atoms with Crippen LogP contribution in [0.4, 0.5) is 0 Å². The van der Waals surface area contributed by atoms with Crippen LogP contribution >= 0.6 is 7.82 Å². The Kier molecular flexibility index (Phi) is 8.07. The minimum atomic E-state index is -5.00. The third-order valence-corrected chi connectivity index (χ3v) is 9.36. The van der Waals surface area contributed by atoms with E-state index in [1.54, 1.807) is 19.1 Å². The fraction of sp³-hybridized carbons (Fsp3) is 0.552. The standard InChI is InChI=1S/C29H33O16P/c1-11-38-9-20-27(42-11)23(30)24(31)29(43-20)44-25-14-7-17-16(40-10-41-17)6-13(14)21(22-15(25)8-39-28(22)32)12-4-18(36-2)26(19(5-12)37-3)45-46(33,34)35/h4-7,11,15,20-25,27,29-31H,8-10H2,1-3H3,(H2,33,34,35)/t11-,15+,20+,21+,22+,23-,24+,25-,27-,29+/m1/s1. The molecule has 0 unspecified atom stereocenters. The second-order valence-electron chi connectivity index (χ2n) is 11.6. The quantitative estimate of drug-likeness (QED) is 0.241. The highest BCUT2D eigenvalue weighted by atomic mass is 31.2. The van der Waals surface area contributed by atoms with Crippen molar-refractivity contribution in [3.8, 4) is 28.7 Å². The lowest BCUT2D eigenvalue weighted by Crippen LogP contribution is -2.63. The molecule has 0 aromatic heterocycles. The smallest absolute Gasteiger partial charge is 0.493 e. The molecular formula is C29H33O16P. The zero-order valence-electron chi connectivity index (χ0n) is 24.8. The van der Waals surface area contributed by atoms with E-state index in [4.69, 9.17) is 47.2 Å². The highest BCUT2D eigenvalue weighted by Gasteiger charge is 2.56. The number of carbonyl (C=O) groups is 1. The molecule has 250 valence electrons. The molecule has 3 saturated heterocycles. The maximum Gasteiger partial charge on any atom is 0.525 e. The molecule has 46 heavy (non-hydrogen) atoms. The zero-order chi connectivity index (χ0) is 32.5. The summed E-state index contributed by atoms with van der Waals surface area (Å²) >= 11 is 0. The van der Waals surface area contributed by atoms with Gasteiger partial charge in [0.2, 0.25) is 12.5 Å². The highest BCUT2D eigenvalue weighted by Crippen LogP contribution is 2.57. The lowest BCUT2D eigenvalue weighted by Gasteiger charge is -2.47. The fourth-order valence-electron chi connectivity index (χ4n) is 6.93. The molecule has 2 aromatic rings. The van der Waals surface area contributed by atoms with Gasteiger partial charge >= 0.3 is 13.8 Å². The summed E-state index contributed by atoms with van der Waals surface area (Å²) in [5.41, 5.74) is 1.65. The van der Waals surface area contributed by atoms with E-state index in [9.17, 15) is 29.4 Å². The van der Waals surface area contributed by atoms with Gasteiger partial charge in [-0.1, -0.05) is 0 Å². The Balaban J connectivity index is 1.32. The Bertz CT molecular complexity index is 1530. The number of cyclic esters (lactones) is 1. The predicted octanol–water partition coefficient (Wildman–Crippen LogP) is 1.10. The van der Waals surface area contributed by atoms with E-state index in [0.717, 1.165) is 0 Å². The SMILES string of the molecule is COc1cc([C@H]2c3cc4c(cc3[C@@H](O[C@@H]3O[C@H]5CO[C@@H](C)O[C@H]5[C@H](O)[C@@H]3O)[C@H]3COC(=O)[C@H]23)OCO4)cc(OC)c1OP(=O)(O)O. The number of esters is 1. The molecule has 16 nitrogen and oxygen atoms in total. The normalized spacial score (nSPS) is 34.6. The number of phosphoric ester groups is 1. The Labute approximate surface area is 262 Å². The van der Waals surface area contributed by atoms with E-state index < -0.39 is 74.6 Å². The molecule has 2 aromatic carbocycles. The van der Waals surface area contributed by atoms with Crippen LogP contribution in [-0.2, 0) is 33.0 Å². The lowest BCUT2D eigenvalue weighted by atomic mass is 9.66. The van der Waals surface area contributed by atoms with Crippen molar-refractivity contribution in [1.29, 1.82) is 0 Å². The van der Waals surface area contributed by atoms with Crippen LogP contribution in [0.2, 0.25) is 0 Å². The van der Waals surface area contributed by atoms with Crippen LogP contribution in [0.5, 0.6) is 28.7 Å². The first-order chi connectivity index (χ1) is 22.0. The summed E-state index contributed by atoms with van der Waals surface area (Å²) < 4.78 is 68.1. The number of hydrogen-bond acceptors (Lipinski definition) is 14. The van der Waals surface area contributed by atoms with Gasteiger partial charge in [-0.15, -0.1) is 0 Å². The van der Waals surface area contributed by atoms with Gasteiger partial charge in [0.1, 0.15) is 24.4 Å². The van der Waals surface area contributed by atoms with Crippen LogP contribution in [0, 0.1) is 11.8 Å². The first-order valence-electron chi connectivity index (χ1n) is 14.5. The van der Waals surface area contributed by atoms with E-state index in [1.807, 2.05) is 0 Å². The molecule has 0 amide bonds. The molecule has 0 spiro atoms. The highest BCUT2D eigenvalue weighted by molar-refractivity contribution is 7.46. The van der Waals surface area contributed by atoms with Crippen LogP contribution in [0.3, 0.4) is 0 Å². The van der Waals surface area contributed by atoms with E-state index in [-0.39, 0.29) is 37.3 Å². The van der Waals surface area contributed by atoms with Crippen molar-refractivity contribution in [2.45, 2.75) is 55.9 Å². The predicted molar refractivity (Wildman–Crippen MR) is 149 cm³/mol. The summed E-state index contributed by atoms with van der Waals surface area (Å²) in [4.78, 5) is 32.5. The van der Waals surface area contributed by atoms with E-state index in [2.05, 4.69) is 0 Å². The molecule has 0 saturated carbocycles. The van der Waals surface area contributed by atoms with E-state index in [0.29, 0.717) is 28.2 Å². The van der Waals surface area contributed by atoms with Gasteiger partial charge in [0.15, 0.2) is 35.6 Å². The number of aliphatic hydroxyl groups excluding tert-OH is 2. The molecule has 4 N–H and O–H groups in total. The van der Waals surface area contributed by atoms with Crippen LogP contribution in [-0.4, -0.2) is 97.2 Å². The molecule has 3 fully saturated rings. The second kappa shape index (κ2) is 11.8. The van der Waals surface area contributed by atoms with Crippen molar-refractivity contribution in [2.75, 3.05) is 34.2 Å². The number of hydrogen-bond donors (Lipinski definition) is 4. The second-order valence-corrected chi connectivity index (χ2v) is 12.7. The monoisotopic (exact) mass is 668 g/mol. The Morgan fingerprint density at radius 3 is 2.22 bits per heavy atom. The average Bonchev–Trinajstić information content (AvgIpc) is 3.64. The minimum Gasteiger partial charge on any atom is -0.493 e. The first-order valence-corrected chi connectivity index (χ1v) is 16.1. The zero-order valence-corrected chi connectivity index (χ0v) is 25.7. The molecule has 0 radical (unpaired) electrons. The number of ether oxygens (including phenoxy) is 9. The Morgan fingerprint density at radius 1 is 0.891 bits per heavy atom. The van der Waals surface area contributed by atoms with Crippen LogP contribution in [0.15, 0.2) is 24.3 Å². The van der Waals surface area contributed by atoms with Crippen molar-refractivity contribution in [3.63, 3.8) is 0 Å². The number of aliphatic hydroxyl groups is 2. The van der Waals surface area contributed by atoms with Crippen molar-refractivity contribution in [1.82, 2.24) is 0 Å². The van der Waals surface area contributed by atoms with Crippen molar-refractivity contribution >= 4 is 13.8 Å². The maximum atomic E-state index is 13.5. The van der Waals surface area contributed by atoms with Crippen LogP contribution in [0.25, 0.3) is 0 Å². The fourth-order valence-corrected chi connectivity index (χ4v) is 7.35. The number of methoxy groups -OCH3 is 2. The van der Waals surface area contributed by atoms with Gasteiger partial charge in [0.25, 0.3) is 0 Å². The van der Waals surface area contributed by atoms with Crippen molar-refractivity contribution < 1.29 is 76.5 Å². The number of benzene rings is 2. The molecular weight excluding hydrogens is 635 g/mol. The topological polar surface area (TPSA) is 207 Å². The van der Waals surface area contributed by atoms with Gasteiger partial charge in [0.05, 0.1) is 39.5 Å². The number of fused-ring (bicyclic) bond motifs is 4. The summed E-state index contributed by atoms with van der Waals surface area (Å²) in [7, 11) is -2.40. The van der Waals surface area contributed by atoms with Gasteiger partial charge in [-0.05, 0) is 47.9 Å². The van der Waals surface area contributed by atoms with Crippen LogP contribution < -0.4 is 23.5 Å². The number of rotatable bonds is 7. The lowest BCUT2D eigenvalue weighted by molar-refractivity contribution is -0.364. The van der Waals surface area contributed by atoms with Crippen molar-refractivity contribution in [2.24, 2.45) is 11.8 Å². The maximum absolute atomic E-state index is 13.5. The molecule has 4 heterocycles. The number of phosphoric acid groups is 1. The minimum absolute atomic E-state index is 0.0303. The van der Waals surface area contributed by atoms with Gasteiger partial charge in [0, 0.05) is 11.8 Å². The Morgan fingerprint density at radius 2 is 1.57 bits per heavy atom. The molecule has 17 heteroatoms. The summed E-state index contributed by atoms with van der Waals surface area (Å²) in [5.74, 6) is -2.25. The summed E-state index contributed by atoms with van der Waals surface area (Å²) in [6, 6.07) is 6.47. The summed E-state index contributed by atoms with van der Waals surface area (Å²) in [6.45, 7) is 1.72. The van der Waals surface area contributed by atoms with Gasteiger partial charge in [-0.3, -0.25) is 14.6 Å². The van der Waals surface area contributed by atoms with Gasteiger partial charge in [-0.2, -0.15) is 0 Å². The van der Waals surface area contributed by atoms with Crippen molar-refractivity contribution in [3.05, 3.63) is 41.0 Å². The van der Waals surface area contributed by atoms with E-state index >= 15 is 0 Å². The largest absolute Gasteiger partial charge is 0.525 e. The molecule has 10 atom stereocenters. The molecule has 0 bridgehead atoms. The molecule has 1 aliphatic carbocycles.